The number of carbonyl (C=O) groups is 5. The van der Waals surface area contributed by atoms with Gasteiger partial charge in [-0.25, -0.2) is 9.78 Å². The van der Waals surface area contributed by atoms with Crippen molar-refractivity contribution in [3.05, 3.63) is 46.1 Å². The summed E-state index contributed by atoms with van der Waals surface area (Å²) >= 11 is 0.623. The van der Waals surface area contributed by atoms with Crippen LogP contribution in [0.3, 0.4) is 0 Å². The van der Waals surface area contributed by atoms with Gasteiger partial charge >= 0.3 is 28.9 Å². The molecule has 3 rings (SSSR count). The van der Waals surface area contributed by atoms with E-state index in [4.69, 9.17) is 28.4 Å². The predicted molar refractivity (Wildman–Crippen MR) is 131 cm³/mol. The topological polar surface area (TPSA) is 209 Å². The van der Waals surface area contributed by atoms with E-state index in [1.54, 1.807) is 0 Å². The van der Waals surface area contributed by atoms with E-state index < -0.39 is 65.4 Å². The lowest BCUT2D eigenvalue weighted by Crippen LogP contribution is -2.64. The number of nitrogens with zero attached hydrogens (tertiary/aromatic N) is 2. The Kier molecular flexibility index (Phi) is 9.68. The van der Waals surface area contributed by atoms with Gasteiger partial charge in [0.1, 0.15) is 11.9 Å². The molecule has 1 aromatic heterocycles. The van der Waals surface area contributed by atoms with Crippen molar-refractivity contribution in [2.24, 2.45) is 0 Å². The van der Waals surface area contributed by atoms with E-state index in [2.05, 4.69) is 10.3 Å². The summed E-state index contributed by atoms with van der Waals surface area (Å²) in [4.78, 5) is 75.4. The molecule has 1 N–H and O–H groups in total. The first-order valence-corrected chi connectivity index (χ1v) is 12.1. The molecule has 2 aromatic rings. The van der Waals surface area contributed by atoms with Crippen LogP contribution in [0.1, 0.15) is 31.1 Å². The van der Waals surface area contributed by atoms with Crippen molar-refractivity contribution in [1.82, 2.24) is 4.98 Å². The normalized spacial score (nSPS) is 21.9. The fraction of sp³-hybridized carbons (Fsp3) is 0.391. The van der Waals surface area contributed by atoms with Gasteiger partial charge < -0.3 is 28.4 Å². The standard InChI is InChI=1S/C23H23N3O13S/c1-10(27)35-16-17(36-11(2)28)19(37-12(3)29)22(39-18(16)21(31)34-4)38-14-8-6-5-7-13(14)20(30)25-23-24-9-15(40-23)26(32)33/h5-9,16-19,22H,1-4H3,(H,24,25,30)/t16-,17-,18?,19-,22+/m1/s1. The van der Waals surface area contributed by atoms with Crippen LogP contribution in [0.25, 0.3) is 0 Å². The Bertz CT molecular complexity index is 1310. The third kappa shape index (κ3) is 7.26. The first kappa shape index (κ1) is 29.9. The molecule has 5 atom stereocenters. The van der Waals surface area contributed by atoms with Gasteiger partial charge in [-0.1, -0.05) is 12.1 Å². The Labute approximate surface area is 229 Å². The number of nitrogens with one attached hydrogen (secondary N) is 1. The monoisotopic (exact) mass is 581 g/mol. The molecule has 0 bridgehead atoms. The summed E-state index contributed by atoms with van der Waals surface area (Å²) < 4.78 is 32.1. The first-order chi connectivity index (χ1) is 18.9. The second kappa shape index (κ2) is 12.9. The molecule has 0 radical (unpaired) electrons. The molecule has 1 aliphatic heterocycles. The van der Waals surface area contributed by atoms with Crippen LogP contribution in [0.4, 0.5) is 10.1 Å². The van der Waals surface area contributed by atoms with Crippen LogP contribution >= 0.6 is 11.3 Å². The van der Waals surface area contributed by atoms with Crippen molar-refractivity contribution in [2.75, 3.05) is 12.4 Å². The first-order valence-electron chi connectivity index (χ1n) is 11.3. The molecule has 214 valence electrons. The van der Waals surface area contributed by atoms with Gasteiger partial charge in [0.25, 0.3) is 5.91 Å². The Morgan fingerprint density at radius 2 is 1.57 bits per heavy atom. The van der Waals surface area contributed by atoms with Crippen molar-refractivity contribution >= 4 is 51.3 Å². The fourth-order valence-electron chi connectivity index (χ4n) is 3.63. The third-order valence-electron chi connectivity index (χ3n) is 5.10. The van der Waals surface area contributed by atoms with E-state index >= 15 is 0 Å². The molecule has 1 amide bonds. The molecule has 1 unspecified atom stereocenters. The summed E-state index contributed by atoms with van der Waals surface area (Å²) in [6, 6.07) is 5.68. The van der Waals surface area contributed by atoms with Crippen LogP contribution in [0.2, 0.25) is 0 Å². The number of amides is 1. The van der Waals surface area contributed by atoms with Crippen molar-refractivity contribution in [1.29, 1.82) is 0 Å². The van der Waals surface area contributed by atoms with Crippen LogP contribution in [-0.4, -0.2) is 77.5 Å². The zero-order valence-corrected chi connectivity index (χ0v) is 22.2. The highest BCUT2D eigenvalue weighted by Gasteiger charge is 2.56. The van der Waals surface area contributed by atoms with Crippen molar-refractivity contribution in [3.8, 4) is 5.75 Å². The maximum atomic E-state index is 13.0. The summed E-state index contributed by atoms with van der Waals surface area (Å²) in [5.41, 5.74) is -0.105. The number of benzene rings is 1. The quantitative estimate of drug-likeness (QED) is 0.192. The van der Waals surface area contributed by atoms with Crippen molar-refractivity contribution in [2.45, 2.75) is 51.5 Å². The number of ether oxygens (including phenoxy) is 6. The molecule has 1 aliphatic rings. The second-order valence-corrected chi connectivity index (χ2v) is 9.01. The average molecular weight is 582 g/mol. The van der Waals surface area contributed by atoms with E-state index in [9.17, 15) is 34.1 Å². The molecule has 2 heterocycles. The minimum Gasteiger partial charge on any atom is -0.467 e. The number of aromatic nitrogens is 1. The van der Waals surface area contributed by atoms with Crippen LogP contribution < -0.4 is 10.1 Å². The van der Waals surface area contributed by atoms with Gasteiger partial charge in [-0.2, -0.15) is 0 Å². The molecule has 16 nitrogen and oxygen atoms in total. The van der Waals surface area contributed by atoms with Gasteiger partial charge in [-0.05, 0) is 23.5 Å². The van der Waals surface area contributed by atoms with E-state index in [1.807, 2.05) is 0 Å². The number of carbonyl (C=O) groups excluding carboxylic acids is 5. The summed E-state index contributed by atoms with van der Waals surface area (Å²) in [6.07, 6.45) is -7.21. The summed E-state index contributed by atoms with van der Waals surface area (Å²) in [7, 11) is 1.04. The predicted octanol–water partition coefficient (Wildman–Crippen LogP) is 1.38. The number of methoxy groups -OCH3 is 1. The largest absolute Gasteiger partial charge is 0.467 e. The molecule has 1 fully saturated rings. The van der Waals surface area contributed by atoms with Gasteiger partial charge in [-0.3, -0.25) is 34.6 Å². The smallest absolute Gasteiger partial charge is 0.345 e. The number of esters is 4. The SMILES string of the molecule is COC(=O)C1O[C@H](Oc2ccccc2C(=O)Nc2ncc([N+](=O)[O-])s2)[C@H](OC(C)=O)[C@H](OC(C)=O)[C@H]1OC(C)=O. The van der Waals surface area contributed by atoms with Gasteiger partial charge in [-0.15, -0.1) is 0 Å². The fourth-order valence-corrected chi connectivity index (χ4v) is 4.26. The molecule has 17 heteroatoms. The maximum Gasteiger partial charge on any atom is 0.345 e. The van der Waals surface area contributed by atoms with Crippen molar-refractivity contribution < 1.29 is 57.3 Å². The molecule has 0 spiro atoms. The van der Waals surface area contributed by atoms with Gasteiger partial charge in [0.05, 0.1) is 17.6 Å². The molecule has 1 aromatic carbocycles. The number of anilines is 1. The number of hydrogen-bond acceptors (Lipinski definition) is 15. The number of thiazole rings is 1. The third-order valence-corrected chi connectivity index (χ3v) is 5.97. The molecule has 0 saturated carbocycles. The maximum absolute atomic E-state index is 13.0. The van der Waals surface area contributed by atoms with E-state index in [0.29, 0.717) is 11.3 Å². The summed E-state index contributed by atoms with van der Waals surface area (Å²) in [6.45, 7) is 3.12. The van der Waals surface area contributed by atoms with Gasteiger partial charge in [0.2, 0.25) is 12.4 Å². The van der Waals surface area contributed by atoms with Crippen LogP contribution in [-0.2, 0) is 42.9 Å². The Balaban J connectivity index is 1.99. The minimum absolute atomic E-state index is 0.0666. The molecule has 0 aliphatic carbocycles. The number of para-hydroxylation sites is 1. The summed E-state index contributed by atoms with van der Waals surface area (Å²) in [5.74, 6) is -4.57. The second-order valence-electron chi connectivity index (χ2n) is 8.00. The number of hydrogen-bond donors (Lipinski definition) is 1. The Morgan fingerprint density at radius 1 is 0.975 bits per heavy atom. The average Bonchev–Trinajstić information content (AvgIpc) is 3.35. The lowest BCUT2D eigenvalue weighted by atomic mass is 9.97. The Morgan fingerprint density at radius 3 is 2.15 bits per heavy atom. The van der Waals surface area contributed by atoms with Gasteiger partial charge in [0, 0.05) is 20.8 Å². The Hall–Kier alpha value is -4.64. The van der Waals surface area contributed by atoms with Gasteiger partial charge in [0.15, 0.2) is 23.4 Å². The van der Waals surface area contributed by atoms with Crippen molar-refractivity contribution in [3.63, 3.8) is 0 Å². The van der Waals surface area contributed by atoms with Crippen LogP contribution in [0, 0.1) is 10.1 Å². The lowest BCUT2D eigenvalue weighted by molar-refractivity contribution is -0.380. The molecule has 40 heavy (non-hydrogen) atoms. The lowest BCUT2D eigenvalue weighted by Gasteiger charge is -2.43. The van der Waals surface area contributed by atoms with E-state index in [0.717, 1.165) is 34.1 Å². The zero-order valence-electron chi connectivity index (χ0n) is 21.4. The van der Waals surface area contributed by atoms with E-state index in [1.165, 1.54) is 24.3 Å². The highest BCUT2D eigenvalue weighted by molar-refractivity contribution is 7.18. The number of rotatable bonds is 9. The summed E-state index contributed by atoms with van der Waals surface area (Å²) in [5, 5.41) is 13.0. The van der Waals surface area contributed by atoms with E-state index in [-0.39, 0.29) is 21.4 Å². The molecular formula is C23H23N3O13S. The highest BCUT2D eigenvalue weighted by Crippen LogP contribution is 2.33. The zero-order chi connectivity index (χ0) is 29.6. The molecular weight excluding hydrogens is 558 g/mol. The molecule has 1 saturated heterocycles. The number of nitro groups is 1. The van der Waals surface area contributed by atoms with Crippen LogP contribution in [0.15, 0.2) is 30.5 Å². The highest BCUT2D eigenvalue weighted by atomic mass is 32.1. The van der Waals surface area contributed by atoms with Crippen LogP contribution in [0.5, 0.6) is 5.75 Å². The minimum atomic E-state index is -1.70.